The Hall–Kier alpha value is -1.12. The van der Waals surface area contributed by atoms with E-state index in [1.54, 1.807) is 7.05 Å². The van der Waals surface area contributed by atoms with Gasteiger partial charge in [0.25, 0.3) is 0 Å². The third kappa shape index (κ3) is 2.97. The van der Waals surface area contributed by atoms with Crippen LogP contribution < -0.4 is 5.32 Å². The molecule has 0 saturated carbocycles. The summed E-state index contributed by atoms with van der Waals surface area (Å²) in [5.74, 6) is 0. The summed E-state index contributed by atoms with van der Waals surface area (Å²) >= 11 is 0. The van der Waals surface area contributed by atoms with E-state index in [0.717, 1.165) is 24.3 Å². The molecule has 4 nitrogen and oxygen atoms in total. The van der Waals surface area contributed by atoms with Gasteiger partial charge in [0, 0.05) is 19.1 Å². The molecule has 0 spiro atoms. The van der Waals surface area contributed by atoms with Crippen molar-refractivity contribution in [3.63, 3.8) is 0 Å². The van der Waals surface area contributed by atoms with E-state index in [-0.39, 0.29) is 10.9 Å². The van der Waals surface area contributed by atoms with Crippen molar-refractivity contribution in [3.8, 4) is 0 Å². The smallest absolute Gasteiger partial charge is 0.316 e. The number of halogens is 3. The fourth-order valence-electron chi connectivity index (χ4n) is 2.15. The molecule has 1 aliphatic rings. The van der Waals surface area contributed by atoms with Crippen LogP contribution in [-0.2, 0) is 16.2 Å². The van der Waals surface area contributed by atoms with Crippen LogP contribution in [0.5, 0.6) is 0 Å². The van der Waals surface area contributed by atoms with Gasteiger partial charge in [-0.1, -0.05) is 0 Å². The molecule has 1 atom stereocenters. The summed E-state index contributed by atoms with van der Waals surface area (Å²) in [5.41, 5.74) is -0.856. The molecule has 0 aliphatic carbocycles. The summed E-state index contributed by atoms with van der Waals surface area (Å²) in [6.07, 6.45) is -3.77. The lowest BCUT2D eigenvalue weighted by Gasteiger charge is -2.17. The van der Waals surface area contributed by atoms with Crippen LogP contribution in [-0.4, -0.2) is 38.9 Å². The van der Waals surface area contributed by atoms with Gasteiger partial charge in [0.15, 0.2) is 0 Å². The highest BCUT2D eigenvalue weighted by atomic mass is 32.2. The number of hydrogen-bond donors (Lipinski definition) is 1. The van der Waals surface area contributed by atoms with E-state index in [1.807, 2.05) is 0 Å². The molecule has 112 valence electrons. The van der Waals surface area contributed by atoms with E-state index in [2.05, 4.69) is 5.32 Å². The normalized spacial score (nSPS) is 21.3. The van der Waals surface area contributed by atoms with Gasteiger partial charge in [0.05, 0.1) is 10.5 Å². The van der Waals surface area contributed by atoms with Gasteiger partial charge in [0.2, 0.25) is 10.0 Å². The number of nitrogens with one attached hydrogen (secondary N) is 1. The van der Waals surface area contributed by atoms with Crippen LogP contribution >= 0.6 is 0 Å². The molecule has 1 saturated heterocycles. The highest BCUT2D eigenvalue weighted by Crippen LogP contribution is 2.30. The van der Waals surface area contributed by atoms with E-state index in [1.165, 1.54) is 4.31 Å². The molecule has 8 heteroatoms. The minimum atomic E-state index is -4.47. The van der Waals surface area contributed by atoms with Crippen molar-refractivity contribution in [2.45, 2.75) is 23.5 Å². The van der Waals surface area contributed by atoms with Crippen LogP contribution in [0.25, 0.3) is 0 Å². The van der Waals surface area contributed by atoms with Crippen LogP contribution in [0.15, 0.2) is 29.2 Å². The minimum Gasteiger partial charge on any atom is -0.316 e. The van der Waals surface area contributed by atoms with Gasteiger partial charge in [-0.2, -0.15) is 17.5 Å². The van der Waals surface area contributed by atoms with Crippen LogP contribution in [0.2, 0.25) is 0 Å². The number of alkyl halides is 3. The second-order valence-corrected chi connectivity index (χ2v) is 6.60. The van der Waals surface area contributed by atoms with Gasteiger partial charge in [-0.05, 0) is 37.7 Å². The first-order chi connectivity index (χ1) is 9.25. The first-order valence-electron chi connectivity index (χ1n) is 6.10. The average molecular weight is 308 g/mol. The molecule has 20 heavy (non-hydrogen) atoms. The molecule has 1 heterocycles. The predicted molar refractivity (Wildman–Crippen MR) is 67.7 cm³/mol. The molecule has 1 N–H and O–H groups in total. The van der Waals surface area contributed by atoms with Crippen LogP contribution in [0, 0.1) is 0 Å². The maximum atomic E-state index is 12.4. The largest absolute Gasteiger partial charge is 0.416 e. The Kier molecular flexibility index (Phi) is 4.08. The Morgan fingerprint density at radius 3 is 2.30 bits per heavy atom. The molecule has 1 aromatic carbocycles. The third-order valence-corrected chi connectivity index (χ3v) is 5.26. The topological polar surface area (TPSA) is 49.4 Å². The SMILES string of the molecule is CN[C@H]1CCN(S(=O)(=O)c2ccc(C(F)(F)F)cc2)C1. The lowest BCUT2D eigenvalue weighted by Crippen LogP contribution is -2.33. The Morgan fingerprint density at radius 1 is 1.25 bits per heavy atom. The molecule has 0 unspecified atom stereocenters. The number of likely N-dealkylation sites (N-methyl/N-ethyl adjacent to an activating group) is 1. The Bertz CT molecular complexity index is 569. The predicted octanol–water partition coefficient (Wildman–Crippen LogP) is 1.69. The summed E-state index contributed by atoms with van der Waals surface area (Å²) in [6, 6.07) is 3.67. The van der Waals surface area contributed by atoms with Crippen LogP contribution in [0.1, 0.15) is 12.0 Å². The average Bonchev–Trinajstić information content (AvgIpc) is 2.87. The van der Waals surface area contributed by atoms with E-state index in [0.29, 0.717) is 19.5 Å². The quantitative estimate of drug-likeness (QED) is 0.924. The maximum absolute atomic E-state index is 12.4. The molecule has 1 aliphatic heterocycles. The number of rotatable bonds is 3. The molecular formula is C12H15F3N2O2S. The first-order valence-corrected chi connectivity index (χ1v) is 7.54. The number of hydrogen-bond acceptors (Lipinski definition) is 3. The third-order valence-electron chi connectivity index (χ3n) is 3.38. The van der Waals surface area contributed by atoms with Crippen LogP contribution in [0.3, 0.4) is 0 Å². The standard InChI is InChI=1S/C12H15F3N2O2S/c1-16-10-6-7-17(8-10)20(18,19)11-4-2-9(3-5-11)12(13,14)15/h2-5,10,16H,6-8H2,1H3/t10-/m0/s1. The first kappa shape index (κ1) is 15.3. The maximum Gasteiger partial charge on any atom is 0.416 e. The molecule has 1 fully saturated rings. The highest BCUT2D eigenvalue weighted by molar-refractivity contribution is 7.89. The Morgan fingerprint density at radius 2 is 1.85 bits per heavy atom. The monoisotopic (exact) mass is 308 g/mol. The minimum absolute atomic E-state index is 0.0826. The van der Waals surface area contributed by atoms with Crippen molar-refractivity contribution >= 4 is 10.0 Å². The van der Waals surface area contributed by atoms with Gasteiger partial charge in [0.1, 0.15) is 0 Å². The second kappa shape index (κ2) is 5.34. The van der Waals surface area contributed by atoms with E-state index in [9.17, 15) is 21.6 Å². The van der Waals surface area contributed by atoms with Crippen molar-refractivity contribution in [3.05, 3.63) is 29.8 Å². The number of benzene rings is 1. The number of nitrogens with zero attached hydrogens (tertiary/aromatic N) is 1. The zero-order valence-corrected chi connectivity index (χ0v) is 11.6. The van der Waals surface area contributed by atoms with E-state index < -0.39 is 21.8 Å². The number of sulfonamides is 1. The second-order valence-electron chi connectivity index (χ2n) is 4.66. The van der Waals surface area contributed by atoms with Gasteiger partial charge >= 0.3 is 6.18 Å². The van der Waals surface area contributed by atoms with Gasteiger partial charge in [-0.3, -0.25) is 0 Å². The lowest BCUT2D eigenvalue weighted by atomic mass is 10.2. The fourth-order valence-corrected chi connectivity index (χ4v) is 3.65. The molecule has 1 aromatic rings. The van der Waals surface area contributed by atoms with E-state index in [4.69, 9.17) is 0 Å². The molecule has 0 aromatic heterocycles. The van der Waals surface area contributed by atoms with Gasteiger partial charge < -0.3 is 5.32 Å². The van der Waals surface area contributed by atoms with Crippen molar-refractivity contribution in [1.82, 2.24) is 9.62 Å². The zero-order chi connectivity index (χ0) is 15.0. The Balaban J connectivity index is 2.23. The zero-order valence-electron chi connectivity index (χ0n) is 10.8. The van der Waals surface area contributed by atoms with Crippen molar-refractivity contribution in [2.24, 2.45) is 0 Å². The van der Waals surface area contributed by atoms with E-state index >= 15 is 0 Å². The molecular weight excluding hydrogens is 293 g/mol. The lowest BCUT2D eigenvalue weighted by molar-refractivity contribution is -0.137. The molecule has 0 radical (unpaired) electrons. The van der Waals surface area contributed by atoms with Crippen molar-refractivity contribution in [1.29, 1.82) is 0 Å². The fraction of sp³-hybridized carbons (Fsp3) is 0.500. The summed E-state index contributed by atoms with van der Waals surface area (Å²) in [7, 11) is -1.97. The van der Waals surface area contributed by atoms with Gasteiger partial charge in [-0.25, -0.2) is 8.42 Å². The van der Waals surface area contributed by atoms with Gasteiger partial charge in [-0.15, -0.1) is 0 Å². The summed E-state index contributed by atoms with van der Waals surface area (Å²) in [5, 5.41) is 2.99. The highest BCUT2D eigenvalue weighted by Gasteiger charge is 2.34. The van der Waals surface area contributed by atoms with Crippen molar-refractivity contribution in [2.75, 3.05) is 20.1 Å². The molecule has 2 rings (SSSR count). The van der Waals surface area contributed by atoms with Crippen LogP contribution in [0.4, 0.5) is 13.2 Å². The molecule has 0 amide bonds. The molecule has 0 bridgehead atoms. The summed E-state index contributed by atoms with van der Waals surface area (Å²) in [4.78, 5) is -0.109. The van der Waals surface area contributed by atoms with Crippen molar-refractivity contribution < 1.29 is 21.6 Å². The summed E-state index contributed by atoms with van der Waals surface area (Å²) in [6.45, 7) is 0.703. The summed E-state index contributed by atoms with van der Waals surface area (Å²) < 4.78 is 63.2. The Labute approximate surface area is 115 Å².